The summed E-state index contributed by atoms with van der Waals surface area (Å²) in [7, 11) is 0. The molecule has 0 saturated carbocycles. The molecular weight excluding hydrogens is 413 g/mol. The topological polar surface area (TPSA) is 52.7 Å². The quantitative estimate of drug-likeness (QED) is 0.747. The van der Waals surface area contributed by atoms with Gasteiger partial charge in [-0.2, -0.15) is 0 Å². The van der Waals surface area contributed by atoms with E-state index in [1.54, 1.807) is 58.0 Å². The Morgan fingerprint density at radius 2 is 1.72 bits per heavy atom. The van der Waals surface area contributed by atoms with E-state index in [9.17, 15) is 14.0 Å². The summed E-state index contributed by atoms with van der Waals surface area (Å²) in [6.07, 6.45) is 1.32. The fourth-order valence-corrected chi connectivity index (χ4v) is 5.47. The molecule has 4 rings (SSSR count). The highest BCUT2D eigenvalue weighted by Crippen LogP contribution is 2.44. The lowest BCUT2D eigenvalue weighted by Crippen LogP contribution is -2.54. The van der Waals surface area contributed by atoms with Gasteiger partial charge in [0, 0.05) is 36.1 Å². The van der Waals surface area contributed by atoms with Gasteiger partial charge in [0.1, 0.15) is 5.82 Å². The number of carbonyl (C=O) groups is 2. The first-order chi connectivity index (χ1) is 14.0. The molecule has 2 aliphatic heterocycles. The van der Waals surface area contributed by atoms with Gasteiger partial charge in [0.15, 0.2) is 0 Å². The Morgan fingerprint density at radius 1 is 1.03 bits per heavy atom. The molecule has 2 heterocycles. The number of hydrogen-bond donors (Lipinski definition) is 1. The lowest BCUT2D eigenvalue weighted by Gasteiger charge is -2.44. The van der Waals surface area contributed by atoms with Crippen LogP contribution in [0.5, 0.6) is 0 Å². The molecule has 2 aromatic carbocycles. The van der Waals surface area contributed by atoms with Crippen molar-refractivity contribution in [3.05, 3.63) is 64.9 Å². The fourth-order valence-electron chi connectivity index (χ4n) is 3.88. The average Bonchev–Trinajstić information content (AvgIpc) is 3.13. The van der Waals surface area contributed by atoms with E-state index in [0.29, 0.717) is 43.2 Å². The molecule has 0 aromatic heterocycles. The molecule has 0 bridgehead atoms. The van der Waals surface area contributed by atoms with Gasteiger partial charge in [-0.1, -0.05) is 23.7 Å². The number of nitrogens with one attached hydrogen (secondary N) is 1. The monoisotopic (exact) mass is 433 g/mol. The van der Waals surface area contributed by atoms with Crippen LogP contribution < -0.4 is 5.32 Å². The first-order valence-corrected chi connectivity index (χ1v) is 10.9. The minimum atomic E-state index is -0.496. The van der Waals surface area contributed by atoms with Crippen molar-refractivity contribution in [1.29, 1.82) is 0 Å². The third-order valence-electron chi connectivity index (χ3n) is 5.45. The second-order valence-electron chi connectivity index (χ2n) is 7.16. The Morgan fingerprint density at radius 3 is 2.41 bits per heavy atom. The first kappa shape index (κ1) is 20.0. The molecule has 2 fully saturated rings. The summed E-state index contributed by atoms with van der Waals surface area (Å²) >= 11 is 7.61. The van der Waals surface area contributed by atoms with Gasteiger partial charge >= 0.3 is 6.03 Å². The SMILES string of the molecule is O=C(Nc1ccc(Cl)cc1)N1CCC2(CC1)SCCN2C(=O)c1ccccc1F. The number of nitrogens with zero attached hydrogens (tertiary/aromatic N) is 2. The number of urea groups is 1. The summed E-state index contributed by atoms with van der Waals surface area (Å²) in [5, 5.41) is 3.49. The van der Waals surface area contributed by atoms with E-state index in [1.807, 2.05) is 0 Å². The van der Waals surface area contributed by atoms with Crippen molar-refractivity contribution in [2.24, 2.45) is 0 Å². The standard InChI is InChI=1S/C21H21ClFN3O2S/c22-15-5-7-16(8-6-15)24-20(28)25-11-9-21(10-12-25)26(13-14-29-21)19(27)17-3-1-2-4-18(17)23/h1-8H,9-14H2,(H,24,28). The second-order valence-corrected chi connectivity index (χ2v) is 9.05. The van der Waals surface area contributed by atoms with E-state index in [0.717, 1.165) is 5.75 Å². The van der Waals surface area contributed by atoms with Gasteiger partial charge < -0.3 is 15.1 Å². The maximum absolute atomic E-state index is 14.1. The number of halogens is 2. The van der Waals surface area contributed by atoms with E-state index in [1.165, 1.54) is 12.1 Å². The number of thioether (sulfide) groups is 1. The fraction of sp³-hybridized carbons (Fsp3) is 0.333. The van der Waals surface area contributed by atoms with Crippen molar-refractivity contribution < 1.29 is 14.0 Å². The van der Waals surface area contributed by atoms with E-state index in [4.69, 9.17) is 11.6 Å². The van der Waals surface area contributed by atoms with Gasteiger partial charge in [0.25, 0.3) is 5.91 Å². The van der Waals surface area contributed by atoms with E-state index < -0.39 is 5.82 Å². The van der Waals surface area contributed by atoms with Crippen LogP contribution in [0.1, 0.15) is 23.2 Å². The molecular formula is C21H21ClFN3O2S. The van der Waals surface area contributed by atoms with Crippen molar-refractivity contribution in [3.8, 4) is 0 Å². The molecule has 5 nitrogen and oxygen atoms in total. The van der Waals surface area contributed by atoms with Crippen molar-refractivity contribution in [2.45, 2.75) is 17.7 Å². The van der Waals surface area contributed by atoms with Crippen LogP contribution in [0.4, 0.5) is 14.9 Å². The maximum Gasteiger partial charge on any atom is 0.321 e. The number of amides is 3. The van der Waals surface area contributed by atoms with E-state index in [-0.39, 0.29) is 22.4 Å². The number of benzene rings is 2. The highest BCUT2D eigenvalue weighted by atomic mass is 35.5. The molecule has 0 atom stereocenters. The Kier molecular flexibility index (Phi) is 5.69. The normalized spacial score (nSPS) is 18.1. The lowest BCUT2D eigenvalue weighted by molar-refractivity contribution is 0.0581. The Balaban J connectivity index is 1.42. The predicted octanol–water partition coefficient (Wildman–Crippen LogP) is 4.69. The summed E-state index contributed by atoms with van der Waals surface area (Å²) in [4.78, 5) is 28.7. The number of hydrogen-bond acceptors (Lipinski definition) is 3. The highest BCUT2D eigenvalue weighted by molar-refractivity contribution is 8.00. The molecule has 3 amide bonds. The summed E-state index contributed by atoms with van der Waals surface area (Å²) in [5.41, 5.74) is 0.795. The molecule has 2 aromatic rings. The second kappa shape index (κ2) is 8.24. The van der Waals surface area contributed by atoms with E-state index >= 15 is 0 Å². The van der Waals surface area contributed by atoms with Crippen LogP contribution >= 0.6 is 23.4 Å². The third kappa shape index (κ3) is 4.07. The van der Waals surface area contributed by atoms with Crippen LogP contribution in [-0.4, -0.2) is 52.0 Å². The first-order valence-electron chi connectivity index (χ1n) is 9.50. The zero-order valence-corrected chi connectivity index (χ0v) is 17.3. The molecule has 0 unspecified atom stereocenters. The summed E-state index contributed by atoms with van der Waals surface area (Å²) in [6.45, 7) is 1.66. The largest absolute Gasteiger partial charge is 0.324 e. The van der Waals surface area contributed by atoms with Crippen LogP contribution in [0.15, 0.2) is 48.5 Å². The average molecular weight is 434 g/mol. The third-order valence-corrected chi connectivity index (χ3v) is 7.26. The van der Waals surface area contributed by atoms with Gasteiger partial charge in [-0.25, -0.2) is 9.18 Å². The predicted molar refractivity (Wildman–Crippen MR) is 114 cm³/mol. The molecule has 1 spiro atoms. The van der Waals surface area contributed by atoms with Gasteiger partial charge in [0.2, 0.25) is 0 Å². The number of anilines is 1. The molecule has 2 aliphatic rings. The van der Waals surface area contributed by atoms with Crippen LogP contribution in [0.2, 0.25) is 5.02 Å². The maximum atomic E-state index is 14.1. The molecule has 8 heteroatoms. The minimum Gasteiger partial charge on any atom is -0.324 e. The van der Waals surface area contributed by atoms with Gasteiger partial charge in [-0.05, 0) is 49.2 Å². The van der Waals surface area contributed by atoms with Crippen molar-refractivity contribution >= 4 is 41.0 Å². The highest BCUT2D eigenvalue weighted by Gasteiger charge is 2.47. The molecule has 1 N–H and O–H groups in total. The van der Waals surface area contributed by atoms with Crippen LogP contribution in [0.3, 0.4) is 0 Å². The van der Waals surface area contributed by atoms with Gasteiger partial charge in [0.05, 0.1) is 10.4 Å². The molecule has 0 aliphatic carbocycles. The van der Waals surface area contributed by atoms with Crippen LogP contribution in [0, 0.1) is 5.82 Å². The number of carbonyl (C=O) groups excluding carboxylic acids is 2. The zero-order valence-electron chi connectivity index (χ0n) is 15.7. The Bertz CT molecular complexity index is 916. The van der Waals surface area contributed by atoms with Crippen molar-refractivity contribution in [2.75, 3.05) is 30.7 Å². The van der Waals surface area contributed by atoms with E-state index in [2.05, 4.69) is 5.32 Å². The Hall–Kier alpha value is -2.25. The smallest absolute Gasteiger partial charge is 0.321 e. The minimum absolute atomic E-state index is 0.109. The number of likely N-dealkylation sites (tertiary alicyclic amines) is 1. The molecule has 0 radical (unpaired) electrons. The summed E-state index contributed by atoms with van der Waals surface area (Å²) in [5.74, 6) is 0.0495. The molecule has 2 saturated heterocycles. The summed E-state index contributed by atoms with van der Waals surface area (Å²) < 4.78 is 14.1. The number of rotatable bonds is 2. The van der Waals surface area contributed by atoms with Crippen LogP contribution in [0.25, 0.3) is 0 Å². The van der Waals surface area contributed by atoms with Crippen molar-refractivity contribution in [1.82, 2.24) is 9.80 Å². The lowest BCUT2D eigenvalue weighted by atomic mass is 10.0. The Labute approximate surface area is 178 Å². The molecule has 29 heavy (non-hydrogen) atoms. The number of piperidine rings is 1. The van der Waals surface area contributed by atoms with Crippen LogP contribution in [-0.2, 0) is 0 Å². The van der Waals surface area contributed by atoms with Gasteiger partial charge in [-0.3, -0.25) is 4.79 Å². The summed E-state index contributed by atoms with van der Waals surface area (Å²) in [6, 6.07) is 12.9. The van der Waals surface area contributed by atoms with Gasteiger partial charge in [-0.15, -0.1) is 11.8 Å². The van der Waals surface area contributed by atoms with Crippen molar-refractivity contribution in [3.63, 3.8) is 0 Å². The molecule has 152 valence electrons. The zero-order chi connectivity index (χ0) is 20.4.